The molecule has 1 saturated heterocycles. The number of anilines is 1. The average molecular weight is 286 g/mol. The van der Waals surface area contributed by atoms with Crippen molar-refractivity contribution in [3.05, 3.63) is 24.3 Å². The first-order valence-corrected chi connectivity index (χ1v) is 8.70. The summed E-state index contributed by atoms with van der Waals surface area (Å²) in [5, 5.41) is 8.40. The minimum atomic E-state index is -3.61. The third kappa shape index (κ3) is 3.90. The van der Waals surface area contributed by atoms with Crippen molar-refractivity contribution in [2.24, 2.45) is 11.1 Å². The monoisotopic (exact) mass is 286 g/mol. The van der Waals surface area contributed by atoms with E-state index in [1.54, 1.807) is 12.1 Å². The van der Waals surface area contributed by atoms with Crippen LogP contribution in [0.4, 0.5) is 5.69 Å². The van der Waals surface area contributed by atoms with Gasteiger partial charge in [-0.05, 0) is 48.5 Å². The van der Waals surface area contributed by atoms with Crippen LogP contribution in [0.15, 0.2) is 29.2 Å². The van der Waals surface area contributed by atoms with Crippen LogP contribution in [-0.4, -0.2) is 26.5 Å². The smallest absolute Gasteiger partial charge is 0.238 e. The van der Waals surface area contributed by atoms with Crippen molar-refractivity contribution in [1.82, 2.24) is 0 Å². The molecule has 2 rings (SSSR count). The Kier molecular flexibility index (Phi) is 4.53. The Hall–Kier alpha value is -0.720. The summed E-state index contributed by atoms with van der Waals surface area (Å²) in [4.78, 5) is 0.158. The van der Waals surface area contributed by atoms with E-state index in [0.29, 0.717) is 5.92 Å². The molecule has 0 bridgehead atoms. The SMILES string of the molecule is NS(=O)(=O)c1cccc(NCC2CCCSC2)c1. The Bertz CT molecular complexity index is 497. The van der Waals surface area contributed by atoms with Gasteiger partial charge in [-0.25, -0.2) is 13.6 Å². The Morgan fingerprint density at radius 3 is 2.94 bits per heavy atom. The Labute approximate surface area is 112 Å². The van der Waals surface area contributed by atoms with Gasteiger partial charge in [-0.1, -0.05) is 6.07 Å². The summed E-state index contributed by atoms with van der Waals surface area (Å²) in [6.45, 7) is 0.890. The first-order chi connectivity index (χ1) is 8.55. The number of hydrogen-bond donors (Lipinski definition) is 2. The van der Waals surface area contributed by atoms with Crippen molar-refractivity contribution in [2.45, 2.75) is 17.7 Å². The quantitative estimate of drug-likeness (QED) is 0.886. The Morgan fingerprint density at radius 2 is 2.28 bits per heavy atom. The van der Waals surface area contributed by atoms with Gasteiger partial charge in [0.25, 0.3) is 0 Å². The molecule has 0 saturated carbocycles. The molecule has 1 aliphatic rings. The standard InChI is InChI=1S/C12H18N2O2S2/c13-18(15,16)12-5-1-4-11(7-12)14-8-10-3-2-6-17-9-10/h1,4-5,7,10,14H,2-3,6,8-9H2,(H2,13,15,16). The molecule has 4 nitrogen and oxygen atoms in total. The topological polar surface area (TPSA) is 72.2 Å². The summed E-state index contributed by atoms with van der Waals surface area (Å²) in [6.07, 6.45) is 2.52. The first kappa shape index (κ1) is 13.7. The lowest BCUT2D eigenvalue weighted by Gasteiger charge is -2.22. The van der Waals surface area contributed by atoms with E-state index in [2.05, 4.69) is 5.32 Å². The predicted octanol–water partition coefficient (Wildman–Crippen LogP) is 1.89. The third-order valence-corrected chi connectivity index (χ3v) is 5.21. The van der Waals surface area contributed by atoms with Crippen LogP contribution in [0.1, 0.15) is 12.8 Å². The molecule has 1 atom stereocenters. The second-order valence-corrected chi connectivity index (χ2v) is 7.25. The van der Waals surface area contributed by atoms with Crippen LogP contribution in [-0.2, 0) is 10.0 Å². The number of primary sulfonamides is 1. The molecule has 3 N–H and O–H groups in total. The van der Waals surface area contributed by atoms with Gasteiger partial charge in [0, 0.05) is 12.2 Å². The average Bonchev–Trinajstić information content (AvgIpc) is 2.37. The fourth-order valence-corrected chi connectivity index (χ4v) is 3.73. The van der Waals surface area contributed by atoms with Crippen LogP contribution in [0.2, 0.25) is 0 Å². The van der Waals surface area contributed by atoms with Crippen molar-refractivity contribution in [2.75, 3.05) is 23.4 Å². The lowest BCUT2D eigenvalue weighted by Crippen LogP contribution is -2.20. The fraction of sp³-hybridized carbons (Fsp3) is 0.500. The molecule has 100 valence electrons. The van der Waals surface area contributed by atoms with Gasteiger partial charge < -0.3 is 5.32 Å². The van der Waals surface area contributed by atoms with Crippen LogP contribution in [0.25, 0.3) is 0 Å². The van der Waals surface area contributed by atoms with Crippen molar-refractivity contribution in [3.8, 4) is 0 Å². The van der Waals surface area contributed by atoms with Gasteiger partial charge in [0.05, 0.1) is 4.90 Å². The second-order valence-electron chi connectivity index (χ2n) is 4.54. The van der Waals surface area contributed by atoms with Crippen molar-refractivity contribution < 1.29 is 8.42 Å². The highest BCUT2D eigenvalue weighted by Gasteiger charge is 2.14. The molecule has 0 aliphatic carbocycles. The van der Waals surface area contributed by atoms with E-state index in [-0.39, 0.29) is 4.90 Å². The van der Waals surface area contributed by atoms with Gasteiger partial charge in [-0.15, -0.1) is 0 Å². The van der Waals surface area contributed by atoms with Crippen molar-refractivity contribution >= 4 is 27.5 Å². The zero-order valence-corrected chi connectivity index (χ0v) is 11.8. The van der Waals surface area contributed by atoms with Gasteiger partial charge in [-0.2, -0.15) is 11.8 Å². The minimum Gasteiger partial charge on any atom is -0.385 e. The van der Waals surface area contributed by atoms with Crippen LogP contribution >= 0.6 is 11.8 Å². The van der Waals surface area contributed by atoms with Crippen molar-refractivity contribution in [1.29, 1.82) is 0 Å². The van der Waals surface area contributed by atoms with Crippen LogP contribution in [0.3, 0.4) is 0 Å². The summed E-state index contributed by atoms with van der Waals surface area (Å²) >= 11 is 1.99. The summed E-state index contributed by atoms with van der Waals surface area (Å²) in [7, 11) is -3.61. The van der Waals surface area contributed by atoms with E-state index in [0.717, 1.165) is 12.2 Å². The van der Waals surface area contributed by atoms with E-state index in [1.165, 1.54) is 30.4 Å². The molecule has 0 amide bonds. The number of nitrogens with two attached hydrogens (primary N) is 1. The van der Waals surface area contributed by atoms with Gasteiger partial charge in [-0.3, -0.25) is 0 Å². The van der Waals surface area contributed by atoms with E-state index in [9.17, 15) is 8.42 Å². The lowest BCUT2D eigenvalue weighted by molar-refractivity contribution is 0.549. The predicted molar refractivity (Wildman–Crippen MR) is 76.4 cm³/mol. The maximum atomic E-state index is 11.2. The normalized spacial score (nSPS) is 20.6. The Morgan fingerprint density at radius 1 is 1.44 bits per heavy atom. The van der Waals surface area contributed by atoms with E-state index in [1.807, 2.05) is 17.8 Å². The summed E-state index contributed by atoms with van der Waals surface area (Å²) in [5.41, 5.74) is 0.817. The number of rotatable bonds is 4. The van der Waals surface area contributed by atoms with Gasteiger partial charge in [0.2, 0.25) is 10.0 Å². The molecule has 0 aromatic heterocycles. The molecular weight excluding hydrogens is 268 g/mol. The third-order valence-electron chi connectivity index (χ3n) is 3.01. The number of thioether (sulfide) groups is 1. The molecule has 1 fully saturated rings. The zero-order chi connectivity index (χ0) is 13.0. The number of nitrogens with one attached hydrogen (secondary N) is 1. The second kappa shape index (κ2) is 5.95. The number of benzene rings is 1. The van der Waals surface area contributed by atoms with Crippen LogP contribution in [0, 0.1) is 5.92 Å². The van der Waals surface area contributed by atoms with E-state index >= 15 is 0 Å². The molecule has 1 unspecified atom stereocenters. The molecule has 0 radical (unpaired) electrons. The largest absolute Gasteiger partial charge is 0.385 e. The molecule has 1 heterocycles. The maximum Gasteiger partial charge on any atom is 0.238 e. The molecule has 18 heavy (non-hydrogen) atoms. The van der Waals surface area contributed by atoms with Crippen LogP contribution in [0.5, 0.6) is 0 Å². The minimum absolute atomic E-state index is 0.158. The van der Waals surface area contributed by atoms with Gasteiger partial charge in [0.15, 0.2) is 0 Å². The van der Waals surface area contributed by atoms with E-state index in [4.69, 9.17) is 5.14 Å². The first-order valence-electron chi connectivity index (χ1n) is 6.00. The maximum absolute atomic E-state index is 11.2. The van der Waals surface area contributed by atoms with Crippen molar-refractivity contribution in [3.63, 3.8) is 0 Å². The number of hydrogen-bond acceptors (Lipinski definition) is 4. The lowest BCUT2D eigenvalue weighted by atomic mass is 10.1. The van der Waals surface area contributed by atoms with E-state index < -0.39 is 10.0 Å². The fourth-order valence-electron chi connectivity index (χ4n) is 2.01. The zero-order valence-electron chi connectivity index (χ0n) is 10.1. The highest BCUT2D eigenvalue weighted by Crippen LogP contribution is 2.23. The van der Waals surface area contributed by atoms with Gasteiger partial charge in [0.1, 0.15) is 0 Å². The van der Waals surface area contributed by atoms with Crippen LogP contribution < -0.4 is 10.5 Å². The molecule has 1 aliphatic heterocycles. The molecular formula is C12H18N2O2S2. The molecule has 1 aromatic rings. The number of sulfonamides is 1. The summed E-state index contributed by atoms with van der Waals surface area (Å²) < 4.78 is 22.5. The highest BCUT2D eigenvalue weighted by molar-refractivity contribution is 7.99. The molecule has 6 heteroatoms. The highest BCUT2D eigenvalue weighted by atomic mass is 32.2. The summed E-state index contributed by atoms with van der Waals surface area (Å²) in [6, 6.07) is 6.67. The summed E-state index contributed by atoms with van der Waals surface area (Å²) in [5.74, 6) is 3.11. The molecule has 1 aromatic carbocycles. The van der Waals surface area contributed by atoms with Gasteiger partial charge >= 0.3 is 0 Å². The molecule has 0 spiro atoms. The Balaban J connectivity index is 1.97.